The van der Waals surface area contributed by atoms with Crippen LogP contribution in [0.15, 0.2) is 0 Å². The van der Waals surface area contributed by atoms with Crippen LogP contribution in [0.4, 0.5) is 0 Å². The van der Waals surface area contributed by atoms with Crippen molar-refractivity contribution in [2.24, 2.45) is 11.1 Å². The van der Waals surface area contributed by atoms with Gasteiger partial charge >= 0.3 is 0 Å². The Kier molecular flexibility index (Phi) is 3.73. The van der Waals surface area contributed by atoms with Crippen molar-refractivity contribution in [2.45, 2.75) is 32.6 Å². The molecule has 0 atom stereocenters. The maximum Gasteiger partial charge on any atom is 0.000117 e. The van der Waals surface area contributed by atoms with Crippen molar-refractivity contribution in [1.29, 1.82) is 0 Å². The Bertz CT molecular complexity index is 108. The Morgan fingerprint density at radius 3 is 2.45 bits per heavy atom. The third-order valence-corrected chi connectivity index (χ3v) is 3.93. The molecule has 0 spiro atoms. The topological polar surface area (TPSA) is 26.0 Å². The zero-order valence-corrected chi connectivity index (χ0v) is 8.25. The summed E-state index contributed by atoms with van der Waals surface area (Å²) in [6.07, 6.45) is 5.55. The van der Waals surface area contributed by atoms with E-state index in [4.69, 9.17) is 5.73 Å². The van der Waals surface area contributed by atoms with Gasteiger partial charge in [-0.1, -0.05) is 19.8 Å². The molecule has 1 fully saturated rings. The summed E-state index contributed by atoms with van der Waals surface area (Å²) < 4.78 is 0. The van der Waals surface area contributed by atoms with Gasteiger partial charge in [0.15, 0.2) is 0 Å². The van der Waals surface area contributed by atoms with Gasteiger partial charge in [-0.2, -0.15) is 11.8 Å². The number of hydrogen-bond acceptors (Lipinski definition) is 2. The van der Waals surface area contributed by atoms with Crippen LogP contribution >= 0.6 is 11.8 Å². The summed E-state index contributed by atoms with van der Waals surface area (Å²) >= 11 is 2.05. The van der Waals surface area contributed by atoms with Gasteiger partial charge in [0, 0.05) is 5.75 Å². The van der Waals surface area contributed by atoms with Crippen molar-refractivity contribution in [2.75, 3.05) is 18.1 Å². The third kappa shape index (κ3) is 2.38. The fourth-order valence-corrected chi connectivity index (χ4v) is 2.89. The van der Waals surface area contributed by atoms with Crippen LogP contribution in [0.25, 0.3) is 0 Å². The molecule has 0 amide bonds. The van der Waals surface area contributed by atoms with Gasteiger partial charge in [0.25, 0.3) is 0 Å². The lowest BCUT2D eigenvalue weighted by Gasteiger charge is -2.26. The van der Waals surface area contributed by atoms with Gasteiger partial charge in [0.05, 0.1) is 0 Å². The van der Waals surface area contributed by atoms with Crippen LogP contribution < -0.4 is 5.73 Å². The Balaban J connectivity index is 2.33. The van der Waals surface area contributed by atoms with E-state index < -0.39 is 0 Å². The van der Waals surface area contributed by atoms with Crippen LogP contribution in [0.5, 0.6) is 0 Å². The molecule has 0 saturated heterocycles. The average Bonchev–Trinajstić information content (AvgIpc) is 2.50. The van der Waals surface area contributed by atoms with Gasteiger partial charge in [0.2, 0.25) is 0 Å². The van der Waals surface area contributed by atoms with E-state index in [0.717, 1.165) is 6.54 Å². The molecule has 1 rings (SSSR count). The van der Waals surface area contributed by atoms with Crippen LogP contribution in [0.2, 0.25) is 0 Å². The highest BCUT2D eigenvalue weighted by Crippen LogP contribution is 2.39. The first-order valence-electron chi connectivity index (χ1n) is 4.61. The second-order valence-corrected chi connectivity index (χ2v) is 4.82. The molecule has 0 bridgehead atoms. The van der Waals surface area contributed by atoms with E-state index >= 15 is 0 Å². The van der Waals surface area contributed by atoms with Crippen molar-refractivity contribution >= 4 is 11.8 Å². The summed E-state index contributed by atoms with van der Waals surface area (Å²) in [6, 6.07) is 0. The van der Waals surface area contributed by atoms with E-state index in [-0.39, 0.29) is 0 Å². The van der Waals surface area contributed by atoms with E-state index in [1.165, 1.54) is 37.2 Å². The molecule has 0 radical (unpaired) electrons. The fraction of sp³-hybridized carbons (Fsp3) is 1.00. The molecule has 1 nitrogen and oxygen atoms in total. The molecule has 0 aromatic carbocycles. The molecular weight excluding hydrogens is 154 g/mol. The number of thioether (sulfide) groups is 1. The normalized spacial score (nSPS) is 22.4. The molecule has 0 heterocycles. The average molecular weight is 173 g/mol. The first kappa shape index (κ1) is 9.40. The van der Waals surface area contributed by atoms with Crippen molar-refractivity contribution in [3.63, 3.8) is 0 Å². The summed E-state index contributed by atoms with van der Waals surface area (Å²) in [5.41, 5.74) is 6.32. The van der Waals surface area contributed by atoms with E-state index in [1.54, 1.807) is 0 Å². The number of hydrogen-bond donors (Lipinski definition) is 1. The lowest BCUT2D eigenvalue weighted by atomic mass is 9.89. The highest BCUT2D eigenvalue weighted by atomic mass is 32.2. The number of nitrogens with two attached hydrogens (primary N) is 1. The van der Waals surface area contributed by atoms with Crippen LogP contribution in [0, 0.1) is 5.41 Å². The second kappa shape index (κ2) is 4.36. The minimum absolute atomic E-state index is 0.528. The zero-order valence-electron chi connectivity index (χ0n) is 7.44. The summed E-state index contributed by atoms with van der Waals surface area (Å²) in [5, 5.41) is 0. The molecule has 1 aliphatic carbocycles. The Morgan fingerprint density at radius 1 is 1.36 bits per heavy atom. The molecule has 66 valence electrons. The molecular formula is C9H19NS. The summed E-state index contributed by atoms with van der Waals surface area (Å²) in [7, 11) is 0. The fourth-order valence-electron chi connectivity index (χ4n) is 1.85. The smallest absolute Gasteiger partial charge is 0.000117 e. The van der Waals surface area contributed by atoms with E-state index in [1.807, 2.05) is 11.8 Å². The van der Waals surface area contributed by atoms with E-state index in [9.17, 15) is 0 Å². The monoisotopic (exact) mass is 173 g/mol. The molecule has 0 unspecified atom stereocenters. The second-order valence-electron chi connectivity index (χ2n) is 3.55. The van der Waals surface area contributed by atoms with Gasteiger partial charge in [-0.25, -0.2) is 0 Å². The van der Waals surface area contributed by atoms with Crippen molar-refractivity contribution in [3.05, 3.63) is 0 Å². The standard InChI is InChI=1S/C9H19NS/c1-2-11-8-9(7-10)5-3-4-6-9/h2-8,10H2,1H3. The molecule has 2 N–H and O–H groups in total. The summed E-state index contributed by atoms with van der Waals surface area (Å²) in [4.78, 5) is 0. The van der Waals surface area contributed by atoms with Crippen molar-refractivity contribution < 1.29 is 0 Å². The maximum absolute atomic E-state index is 5.80. The highest BCUT2D eigenvalue weighted by Gasteiger charge is 2.31. The Morgan fingerprint density at radius 2 is 2.00 bits per heavy atom. The molecule has 2 heteroatoms. The van der Waals surface area contributed by atoms with Crippen molar-refractivity contribution in [1.82, 2.24) is 0 Å². The predicted octanol–water partition coefficient (Wildman–Crippen LogP) is 2.26. The minimum Gasteiger partial charge on any atom is -0.330 e. The molecule has 0 aliphatic heterocycles. The Labute approximate surface area is 74.1 Å². The van der Waals surface area contributed by atoms with Crippen molar-refractivity contribution in [3.8, 4) is 0 Å². The quantitative estimate of drug-likeness (QED) is 0.705. The summed E-state index contributed by atoms with van der Waals surface area (Å²) in [6.45, 7) is 3.13. The van der Waals surface area contributed by atoms with Crippen LogP contribution in [-0.2, 0) is 0 Å². The van der Waals surface area contributed by atoms with E-state index in [2.05, 4.69) is 6.92 Å². The lowest BCUT2D eigenvalue weighted by Crippen LogP contribution is -2.29. The molecule has 0 aromatic heterocycles. The van der Waals surface area contributed by atoms with Gasteiger partial charge in [-0.05, 0) is 30.6 Å². The van der Waals surface area contributed by atoms with E-state index in [0.29, 0.717) is 5.41 Å². The SMILES string of the molecule is CCSCC1(CN)CCCC1. The summed E-state index contributed by atoms with van der Waals surface area (Å²) in [5.74, 6) is 2.53. The minimum atomic E-state index is 0.528. The van der Waals surface area contributed by atoms with Gasteiger partial charge < -0.3 is 5.73 Å². The maximum atomic E-state index is 5.80. The van der Waals surface area contributed by atoms with Crippen LogP contribution in [0.3, 0.4) is 0 Å². The Hall–Kier alpha value is 0.310. The van der Waals surface area contributed by atoms with Gasteiger partial charge in [-0.15, -0.1) is 0 Å². The van der Waals surface area contributed by atoms with Gasteiger partial charge in [-0.3, -0.25) is 0 Å². The first-order valence-corrected chi connectivity index (χ1v) is 5.76. The molecule has 1 saturated carbocycles. The zero-order chi connectivity index (χ0) is 8.16. The predicted molar refractivity (Wildman–Crippen MR) is 53.0 cm³/mol. The molecule has 11 heavy (non-hydrogen) atoms. The first-order chi connectivity index (χ1) is 5.33. The largest absolute Gasteiger partial charge is 0.330 e. The number of rotatable bonds is 4. The lowest BCUT2D eigenvalue weighted by molar-refractivity contribution is 0.359. The highest BCUT2D eigenvalue weighted by molar-refractivity contribution is 7.99. The van der Waals surface area contributed by atoms with Crippen LogP contribution in [0.1, 0.15) is 32.6 Å². The third-order valence-electron chi connectivity index (χ3n) is 2.71. The van der Waals surface area contributed by atoms with Gasteiger partial charge in [0.1, 0.15) is 0 Å². The molecule has 1 aliphatic rings. The van der Waals surface area contributed by atoms with Crippen LogP contribution in [-0.4, -0.2) is 18.1 Å². The molecule has 0 aromatic rings.